The molecule has 0 radical (unpaired) electrons. The van der Waals surface area contributed by atoms with E-state index in [9.17, 15) is 5.11 Å². The highest BCUT2D eigenvalue weighted by molar-refractivity contribution is 7.17. The Hall–Kier alpha value is -0.860. The van der Waals surface area contributed by atoms with E-state index in [2.05, 4.69) is 29.6 Å². The second-order valence-corrected chi connectivity index (χ2v) is 4.95. The van der Waals surface area contributed by atoms with Gasteiger partial charge in [-0.25, -0.2) is 0 Å². The molecule has 0 amide bonds. The van der Waals surface area contributed by atoms with Crippen molar-refractivity contribution in [1.29, 1.82) is 0 Å². The fraction of sp³-hybridized carbons (Fsp3) is 0.333. The predicted molar refractivity (Wildman–Crippen MR) is 59.5 cm³/mol. The molecule has 2 aromatic rings. The Bertz CT molecular complexity index is 456. The number of aliphatic hydroxyl groups excluding tert-OH is 1. The first-order valence-electron chi connectivity index (χ1n) is 5.00. The molecular formula is C12H12OS. The van der Waals surface area contributed by atoms with Crippen LogP contribution < -0.4 is 0 Å². The molecule has 1 N–H and O–H groups in total. The largest absolute Gasteiger partial charge is 0.388 e. The molecule has 1 unspecified atom stereocenters. The molecule has 1 saturated carbocycles. The van der Waals surface area contributed by atoms with Crippen LogP contribution in [0.2, 0.25) is 0 Å². The van der Waals surface area contributed by atoms with Gasteiger partial charge < -0.3 is 5.11 Å². The van der Waals surface area contributed by atoms with E-state index in [-0.39, 0.29) is 6.10 Å². The molecule has 0 bridgehead atoms. The van der Waals surface area contributed by atoms with Gasteiger partial charge in [0.05, 0.1) is 6.10 Å². The summed E-state index contributed by atoms with van der Waals surface area (Å²) in [7, 11) is 0. The van der Waals surface area contributed by atoms with Gasteiger partial charge in [0, 0.05) is 4.70 Å². The second kappa shape index (κ2) is 3.07. The quantitative estimate of drug-likeness (QED) is 0.795. The van der Waals surface area contributed by atoms with E-state index in [0.29, 0.717) is 5.92 Å². The maximum Gasteiger partial charge on any atom is 0.0818 e. The van der Waals surface area contributed by atoms with Crippen molar-refractivity contribution in [3.8, 4) is 0 Å². The summed E-state index contributed by atoms with van der Waals surface area (Å²) in [4.78, 5) is 0. The molecule has 1 aromatic carbocycles. The Morgan fingerprint density at radius 2 is 2.14 bits per heavy atom. The minimum atomic E-state index is -0.237. The number of fused-ring (bicyclic) bond motifs is 1. The van der Waals surface area contributed by atoms with E-state index in [1.165, 1.54) is 22.9 Å². The molecule has 72 valence electrons. The third-order valence-corrected chi connectivity index (χ3v) is 3.78. The fourth-order valence-electron chi connectivity index (χ4n) is 1.85. The monoisotopic (exact) mass is 204 g/mol. The zero-order valence-electron chi connectivity index (χ0n) is 7.81. The lowest BCUT2D eigenvalue weighted by molar-refractivity contribution is 0.154. The van der Waals surface area contributed by atoms with E-state index in [0.717, 1.165) is 5.56 Å². The van der Waals surface area contributed by atoms with Gasteiger partial charge in [-0.15, -0.1) is 11.3 Å². The van der Waals surface area contributed by atoms with Crippen LogP contribution in [0.3, 0.4) is 0 Å². The van der Waals surface area contributed by atoms with Crippen LogP contribution in [-0.4, -0.2) is 5.11 Å². The smallest absolute Gasteiger partial charge is 0.0818 e. The van der Waals surface area contributed by atoms with E-state index < -0.39 is 0 Å². The van der Waals surface area contributed by atoms with Crippen LogP contribution in [-0.2, 0) is 0 Å². The van der Waals surface area contributed by atoms with Crippen molar-refractivity contribution in [3.05, 3.63) is 35.2 Å². The van der Waals surface area contributed by atoms with E-state index in [1.807, 2.05) is 0 Å². The van der Waals surface area contributed by atoms with Crippen LogP contribution in [0.15, 0.2) is 29.6 Å². The van der Waals surface area contributed by atoms with Crippen LogP contribution >= 0.6 is 11.3 Å². The normalized spacial score (nSPS) is 18.6. The summed E-state index contributed by atoms with van der Waals surface area (Å²) in [6, 6.07) is 8.40. The second-order valence-electron chi connectivity index (χ2n) is 4.00. The third-order valence-electron chi connectivity index (χ3n) is 2.89. The highest BCUT2D eigenvalue weighted by Gasteiger charge is 2.30. The maximum atomic E-state index is 9.96. The summed E-state index contributed by atoms with van der Waals surface area (Å²) in [5.74, 6) is 0.520. The minimum Gasteiger partial charge on any atom is -0.388 e. The number of thiophene rings is 1. The molecule has 1 aromatic heterocycles. The summed E-state index contributed by atoms with van der Waals surface area (Å²) in [6.45, 7) is 0. The number of hydrogen-bond donors (Lipinski definition) is 1. The highest BCUT2D eigenvalue weighted by Crippen LogP contribution is 2.41. The van der Waals surface area contributed by atoms with Gasteiger partial charge in [-0.3, -0.25) is 0 Å². The van der Waals surface area contributed by atoms with Gasteiger partial charge in [0.15, 0.2) is 0 Å². The SMILES string of the molecule is OC(c1ccc2sccc2c1)C1CC1. The Labute approximate surface area is 87.0 Å². The molecule has 1 heterocycles. The topological polar surface area (TPSA) is 20.2 Å². The van der Waals surface area contributed by atoms with Crippen molar-refractivity contribution in [2.45, 2.75) is 18.9 Å². The van der Waals surface area contributed by atoms with Crippen LogP contribution in [0, 0.1) is 5.92 Å². The Morgan fingerprint density at radius 1 is 1.29 bits per heavy atom. The first-order valence-corrected chi connectivity index (χ1v) is 5.88. The zero-order chi connectivity index (χ0) is 9.54. The van der Waals surface area contributed by atoms with E-state index in [4.69, 9.17) is 0 Å². The lowest BCUT2D eigenvalue weighted by atomic mass is 10.0. The molecule has 1 nitrogen and oxygen atoms in total. The number of rotatable bonds is 2. The van der Waals surface area contributed by atoms with Crippen molar-refractivity contribution in [1.82, 2.24) is 0 Å². The van der Waals surface area contributed by atoms with Crippen LogP contribution in [0.4, 0.5) is 0 Å². The standard InChI is InChI=1S/C12H12OS/c13-12(8-1-2-8)10-3-4-11-9(7-10)5-6-14-11/h3-8,12-13H,1-2H2. The number of benzene rings is 1. The summed E-state index contributed by atoms with van der Waals surface area (Å²) in [6.07, 6.45) is 2.13. The molecule has 1 aliphatic carbocycles. The Balaban J connectivity index is 2.03. The van der Waals surface area contributed by atoms with Crippen molar-refractivity contribution in [3.63, 3.8) is 0 Å². The summed E-state index contributed by atoms with van der Waals surface area (Å²) < 4.78 is 1.30. The van der Waals surface area contributed by atoms with Crippen molar-refractivity contribution >= 4 is 21.4 Å². The molecule has 14 heavy (non-hydrogen) atoms. The van der Waals surface area contributed by atoms with Crippen LogP contribution in [0.1, 0.15) is 24.5 Å². The fourth-order valence-corrected chi connectivity index (χ4v) is 2.62. The lowest BCUT2D eigenvalue weighted by Gasteiger charge is -2.08. The van der Waals surface area contributed by atoms with E-state index >= 15 is 0 Å². The maximum absolute atomic E-state index is 9.96. The van der Waals surface area contributed by atoms with Gasteiger partial charge in [-0.1, -0.05) is 6.07 Å². The Morgan fingerprint density at radius 3 is 2.93 bits per heavy atom. The van der Waals surface area contributed by atoms with Crippen molar-refractivity contribution in [2.75, 3.05) is 0 Å². The van der Waals surface area contributed by atoms with Crippen LogP contribution in [0.25, 0.3) is 10.1 Å². The Kier molecular flexibility index (Phi) is 1.85. The van der Waals surface area contributed by atoms with Crippen molar-refractivity contribution in [2.24, 2.45) is 5.92 Å². The van der Waals surface area contributed by atoms with Gasteiger partial charge in [0.25, 0.3) is 0 Å². The zero-order valence-corrected chi connectivity index (χ0v) is 8.63. The van der Waals surface area contributed by atoms with Gasteiger partial charge in [0.2, 0.25) is 0 Å². The van der Waals surface area contributed by atoms with E-state index in [1.54, 1.807) is 11.3 Å². The summed E-state index contributed by atoms with van der Waals surface area (Å²) in [5.41, 5.74) is 1.08. The van der Waals surface area contributed by atoms with Gasteiger partial charge in [0.1, 0.15) is 0 Å². The molecule has 2 heteroatoms. The highest BCUT2D eigenvalue weighted by atomic mass is 32.1. The average Bonchev–Trinajstić information content (AvgIpc) is 2.95. The predicted octanol–water partition coefficient (Wildman–Crippen LogP) is 3.34. The lowest BCUT2D eigenvalue weighted by Crippen LogP contribution is -1.98. The molecule has 3 rings (SSSR count). The molecule has 0 saturated heterocycles. The minimum absolute atomic E-state index is 0.237. The molecule has 1 atom stereocenters. The molecule has 0 aliphatic heterocycles. The number of hydrogen-bond acceptors (Lipinski definition) is 2. The first-order chi connectivity index (χ1) is 6.84. The molecule has 0 spiro atoms. The number of aliphatic hydroxyl groups is 1. The van der Waals surface area contributed by atoms with Crippen LogP contribution in [0.5, 0.6) is 0 Å². The average molecular weight is 204 g/mol. The van der Waals surface area contributed by atoms with Gasteiger partial charge in [-0.05, 0) is 53.3 Å². The van der Waals surface area contributed by atoms with Gasteiger partial charge in [-0.2, -0.15) is 0 Å². The summed E-state index contributed by atoms with van der Waals surface area (Å²) in [5, 5.41) is 13.3. The van der Waals surface area contributed by atoms with Crippen molar-refractivity contribution < 1.29 is 5.11 Å². The molecule has 1 aliphatic rings. The van der Waals surface area contributed by atoms with Gasteiger partial charge >= 0.3 is 0 Å². The molecule has 1 fully saturated rings. The molecular weight excluding hydrogens is 192 g/mol. The first kappa shape index (κ1) is 8.45. The summed E-state index contributed by atoms with van der Waals surface area (Å²) >= 11 is 1.75. The third kappa shape index (κ3) is 1.35.